The van der Waals surface area contributed by atoms with Gasteiger partial charge in [-0.25, -0.2) is 0 Å². The molecule has 0 fully saturated rings. The molecule has 3 aromatic carbocycles. The first-order valence-corrected chi connectivity index (χ1v) is 11.0. The van der Waals surface area contributed by atoms with Crippen LogP contribution in [0.3, 0.4) is 0 Å². The molecule has 0 amide bonds. The predicted molar refractivity (Wildman–Crippen MR) is 123 cm³/mol. The van der Waals surface area contributed by atoms with Gasteiger partial charge in [0, 0.05) is 13.0 Å². The zero-order valence-corrected chi connectivity index (χ0v) is 17.9. The maximum atomic E-state index is 12.2. The number of allylic oxidation sites excluding steroid dienone is 2. The number of hydrogen-bond acceptors (Lipinski definition) is 2. The largest absolute Gasteiger partial charge is 0.497 e. The van der Waals surface area contributed by atoms with Gasteiger partial charge in [-0.3, -0.25) is 0 Å². The molecular formula is C27H27F3O2. The van der Waals surface area contributed by atoms with Crippen LogP contribution < -0.4 is 0 Å². The average molecular weight is 441 g/mol. The summed E-state index contributed by atoms with van der Waals surface area (Å²) in [5.74, 6) is 0. The van der Waals surface area contributed by atoms with Gasteiger partial charge in [0.05, 0.1) is 12.4 Å². The van der Waals surface area contributed by atoms with Crippen LogP contribution in [0.2, 0.25) is 0 Å². The monoisotopic (exact) mass is 440 g/mol. The van der Waals surface area contributed by atoms with Crippen molar-refractivity contribution in [3.05, 3.63) is 84.1 Å². The Morgan fingerprint density at radius 2 is 1.78 bits per heavy atom. The molecule has 5 rings (SSSR count). The van der Waals surface area contributed by atoms with Crippen molar-refractivity contribution in [2.24, 2.45) is 0 Å². The molecule has 0 aromatic heterocycles. The molecule has 1 unspecified atom stereocenters. The molecule has 1 heterocycles. The number of rotatable bonds is 4. The van der Waals surface area contributed by atoms with Gasteiger partial charge in [-0.05, 0) is 70.5 Å². The van der Waals surface area contributed by atoms with Gasteiger partial charge < -0.3 is 9.47 Å². The van der Waals surface area contributed by atoms with Crippen LogP contribution in [0, 0.1) is 0 Å². The summed E-state index contributed by atoms with van der Waals surface area (Å²) in [6, 6.07) is 17.1. The molecule has 2 nitrogen and oxygen atoms in total. The van der Waals surface area contributed by atoms with Gasteiger partial charge in [0.1, 0.15) is 6.61 Å². The molecule has 0 saturated carbocycles. The number of hydrogen-bond donors (Lipinski definition) is 0. The summed E-state index contributed by atoms with van der Waals surface area (Å²) in [5, 5.41) is 5.06. The molecule has 1 aliphatic carbocycles. The van der Waals surface area contributed by atoms with Gasteiger partial charge in [-0.2, -0.15) is 13.2 Å². The van der Waals surface area contributed by atoms with Gasteiger partial charge >= 0.3 is 6.18 Å². The Morgan fingerprint density at radius 1 is 0.938 bits per heavy atom. The maximum Gasteiger partial charge on any atom is 0.389 e. The minimum Gasteiger partial charge on any atom is -0.497 e. The van der Waals surface area contributed by atoms with Crippen LogP contribution >= 0.6 is 0 Å². The molecule has 5 heteroatoms. The SMILES string of the molecule is C1=CCOC=C1.FC(F)(F)CCCOC1CCc2c(ccc3c2ccc2ccccc23)C1. The summed E-state index contributed by atoms with van der Waals surface area (Å²) in [5.41, 5.74) is 2.63. The van der Waals surface area contributed by atoms with Crippen molar-refractivity contribution in [2.45, 2.75) is 44.4 Å². The standard InChI is InChI=1S/C22H21F3O.C5H6O/c23-22(24,25)12-3-13-26-17-8-11-19-16(14-17)7-10-20-18-5-2-1-4-15(18)6-9-21(19)20;1-2-4-6-5-3-1/h1-2,4-7,9-10,17H,3,8,11-14H2;1-4H,5H2. The van der Waals surface area contributed by atoms with Crippen LogP contribution in [0.1, 0.15) is 30.4 Å². The van der Waals surface area contributed by atoms with E-state index in [-0.39, 0.29) is 19.1 Å². The van der Waals surface area contributed by atoms with Crippen LogP contribution in [-0.4, -0.2) is 25.5 Å². The molecule has 1 atom stereocenters. The lowest BCUT2D eigenvalue weighted by molar-refractivity contribution is -0.139. The van der Waals surface area contributed by atoms with Crippen LogP contribution in [0.5, 0.6) is 0 Å². The summed E-state index contributed by atoms with van der Waals surface area (Å²) in [6.07, 6.45) is 5.22. The second-order valence-electron chi connectivity index (χ2n) is 8.13. The molecule has 3 aromatic rings. The van der Waals surface area contributed by atoms with Gasteiger partial charge in [0.25, 0.3) is 0 Å². The fourth-order valence-electron chi connectivity index (χ4n) is 4.35. The highest BCUT2D eigenvalue weighted by Gasteiger charge is 2.27. The van der Waals surface area contributed by atoms with E-state index in [1.165, 1.54) is 32.7 Å². The Kier molecular flexibility index (Phi) is 7.15. The van der Waals surface area contributed by atoms with Crippen molar-refractivity contribution >= 4 is 21.5 Å². The first-order chi connectivity index (χ1) is 15.5. The first-order valence-electron chi connectivity index (χ1n) is 11.0. The van der Waals surface area contributed by atoms with Crippen molar-refractivity contribution in [2.75, 3.05) is 13.2 Å². The third-order valence-corrected chi connectivity index (χ3v) is 5.87. The van der Waals surface area contributed by atoms with Gasteiger partial charge in [0.2, 0.25) is 0 Å². The Bertz CT molecular complexity index is 1100. The smallest absolute Gasteiger partial charge is 0.389 e. The van der Waals surface area contributed by atoms with E-state index in [1.54, 1.807) is 6.26 Å². The minimum absolute atomic E-state index is 0.0219. The van der Waals surface area contributed by atoms with Crippen LogP contribution in [0.25, 0.3) is 21.5 Å². The zero-order chi connectivity index (χ0) is 22.4. The van der Waals surface area contributed by atoms with Crippen molar-refractivity contribution < 1.29 is 22.6 Å². The zero-order valence-electron chi connectivity index (χ0n) is 17.9. The summed E-state index contributed by atoms with van der Waals surface area (Å²) >= 11 is 0. The third kappa shape index (κ3) is 5.71. The summed E-state index contributed by atoms with van der Waals surface area (Å²) in [6.45, 7) is 0.911. The lowest BCUT2D eigenvalue weighted by Crippen LogP contribution is -2.23. The third-order valence-electron chi connectivity index (χ3n) is 5.87. The molecule has 0 radical (unpaired) electrons. The van der Waals surface area contributed by atoms with Crippen molar-refractivity contribution in [1.82, 2.24) is 0 Å². The number of alkyl halides is 3. The van der Waals surface area contributed by atoms with E-state index < -0.39 is 12.6 Å². The number of benzene rings is 3. The van der Waals surface area contributed by atoms with E-state index in [1.807, 2.05) is 24.3 Å². The Labute approximate surface area is 186 Å². The molecule has 2 aliphatic rings. The highest BCUT2D eigenvalue weighted by molar-refractivity contribution is 6.08. The summed E-state index contributed by atoms with van der Waals surface area (Å²) in [7, 11) is 0. The quantitative estimate of drug-likeness (QED) is 0.313. The summed E-state index contributed by atoms with van der Waals surface area (Å²) < 4.78 is 47.2. The lowest BCUT2D eigenvalue weighted by atomic mass is 9.85. The van der Waals surface area contributed by atoms with Gasteiger partial charge in [-0.15, -0.1) is 0 Å². The second-order valence-corrected chi connectivity index (χ2v) is 8.13. The van der Waals surface area contributed by atoms with E-state index in [2.05, 4.69) is 42.5 Å². The van der Waals surface area contributed by atoms with Crippen LogP contribution in [0.15, 0.2) is 73.0 Å². The van der Waals surface area contributed by atoms with E-state index in [0.717, 1.165) is 25.9 Å². The molecule has 0 saturated heterocycles. The van der Waals surface area contributed by atoms with Gasteiger partial charge in [-0.1, -0.05) is 54.6 Å². The normalized spacial score (nSPS) is 17.5. The molecule has 0 bridgehead atoms. The maximum absolute atomic E-state index is 12.2. The number of ether oxygens (including phenoxy) is 2. The number of halogens is 3. The van der Waals surface area contributed by atoms with E-state index in [4.69, 9.17) is 9.47 Å². The fraction of sp³-hybridized carbons (Fsp3) is 0.333. The lowest BCUT2D eigenvalue weighted by Gasteiger charge is -2.26. The first kappa shape index (κ1) is 22.4. The molecule has 0 spiro atoms. The van der Waals surface area contributed by atoms with Crippen LogP contribution in [0.4, 0.5) is 13.2 Å². The Morgan fingerprint density at radius 3 is 2.50 bits per heavy atom. The van der Waals surface area contributed by atoms with Crippen molar-refractivity contribution in [3.63, 3.8) is 0 Å². The Balaban J connectivity index is 0.000000354. The van der Waals surface area contributed by atoms with E-state index in [9.17, 15) is 13.2 Å². The number of aryl methyl sites for hydroxylation is 1. The summed E-state index contributed by atoms with van der Waals surface area (Å²) in [4.78, 5) is 0. The van der Waals surface area contributed by atoms with Crippen molar-refractivity contribution in [1.29, 1.82) is 0 Å². The van der Waals surface area contributed by atoms with Gasteiger partial charge in [0.15, 0.2) is 0 Å². The molecular weight excluding hydrogens is 413 g/mol. The average Bonchev–Trinajstić information content (AvgIpc) is 2.82. The second kappa shape index (κ2) is 10.2. The minimum atomic E-state index is -4.09. The molecule has 0 N–H and O–H groups in total. The van der Waals surface area contributed by atoms with E-state index in [0.29, 0.717) is 0 Å². The highest BCUT2D eigenvalue weighted by atomic mass is 19.4. The fourth-order valence-corrected chi connectivity index (χ4v) is 4.35. The Hall–Kier alpha value is -2.79. The predicted octanol–water partition coefficient (Wildman–Crippen LogP) is 7.30. The van der Waals surface area contributed by atoms with E-state index >= 15 is 0 Å². The van der Waals surface area contributed by atoms with Crippen molar-refractivity contribution in [3.8, 4) is 0 Å². The molecule has 1 aliphatic heterocycles. The molecule has 168 valence electrons. The molecule has 32 heavy (non-hydrogen) atoms. The topological polar surface area (TPSA) is 18.5 Å². The number of fused-ring (bicyclic) bond motifs is 5. The highest BCUT2D eigenvalue weighted by Crippen LogP contribution is 2.34. The van der Waals surface area contributed by atoms with Crippen LogP contribution in [-0.2, 0) is 22.3 Å².